The number of nitro benzene ring substituents is 1. The van der Waals surface area contributed by atoms with Crippen LogP contribution >= 0.6 is 0 Å². The molecule has 1 aromatic carbocycles. The number of nitrogens with zero attached hydrogens (tertiary/aromatic N) is 1. The molecule has 0 bridgehead atoms. The minimum Gasteiger partial charge on any atom is -0.393 e. The number of nitrogens with one attached hydrogen (secondary N) is 1. The van der Waals surface area contributed by atoms with E-state index in [0.29, 0.717) is 12.2 Å². The number of rotatable bonds is 5. The van der Waals surface area contributed by atoms with E-state index in [2.05, 4.69) is 5.32 Å². The normalized spacial score (nSPS) is 16.2. The summed E-state index contributed by atoms with van der Waals surface area (Å²) in [7, 11) is 0. The average molecular weight is 277 g/mol. The molecule has 0 amide bonds. The SMILES string of the molecule is Cc1ccc([N+](=O)[O-])c(N)c1CNCC1CCCCC1. The Morgan fingerprint density at radius 1 is 1.35 bits per heavy atom. The Morgan fingerprint density at radius 2 is 2.05 bits per heavy atom. The van der Waals surface area contributed by atoms with E-state index in [1.165, 1.54) is 38.2 Å². The van der Waals surface area contributed by atoms with Crippen LogP contribution in [0.15, 0.2) is 12.1 Å². The molecule has 1 aromatic rings. The van der Waals surface area contributed by atoms with Crippen LogP contribution in [-0.4, -0.2) is 11.5 Å². The van der Waals surface area contributed by atoms with Gasteiger partial charge in [-0.15, -0.1) is 0 Å². The molecule has 1 aliphatic rings. The third-order valence-electron chi connectivity index (χ3n) is 4.22. The van der Waals surface area contributed by atoms with Crippen LogP contribution < -0.4 is 11.1 Å². The molecule has 110 valence electrons. The van der Waals surface area contributed by atoms with Crippen LogP contribution in [0.25, 0.3) is 0 Å². The van der Waals surface area contributed by atoms with Crippen LogP contribution in [0.3, 0.4) is 0 Å². The first-order valence-electron chi connectivity index (χ1n) is 7.32. The van der Waals surface area contributed by atoms with E-state index in [-0.39, 0.29) is 5.69 Å². The molecular weight excluding hydrogens is 254 g/mol. The third kappa shape index (κ3) is 3.48. The highest BCUT2D eigenvalue weighted by Crippen LogP contribution is 2.28. The number of nitro groups is 1. The smallest absolute Gasteiger partial charge is 0.292 e. The average Bonchev–Trinajstić information content (AvgIpc) is 2.43. The van der Waals surface area contributed by atoms with Crippen molar-refractivity contribution in [1.82, 2.24) is 5.32 Å². The van der Waals surface area contributed by atoms with Crippen molar-refractivity contribution in [2.75, 3.05) is 12.3 Å². The molecule has 0 aromatic heterocycles. The Kier molecular flexibility index (Phi) is 4.95. The van der Waals surface area contributed by atoms with Gasteiger partial charge in [0.15, 0.2) is 0 Å². The number of hydrogen-bond donors (Lipinski definition) is 2. The quantitative estimate of drug-likeness (QED) is 0.492. The second kappa shape index (κ2) is 6.70. The van der Waals surface area contributed by atoms with Gasteiger partial charge in [-0.25, -0.2) is 0 Å². The first-order valence-corrected chi connectivity index (χ1v) is 7.32. The second-order valence-corrected chi connectivity index (χ2v) is 5.69. The highest BCUT2D eigenvalue weighted by Gasteiger charge is 2.17. The van der Waals surface area contributed by atoms with E-state index >= 15 is 0 Å². The van der Waals surface area contributed by atoms with Crippen LogP contribution in [0.5, 0.6) is 0 Å². The van der Waals surface area contributed by atoms with Gasteiger partial charge in [0.2, 0.25) is 0 Å². The van der Waals surface area contributed by atoms with Crippen molar-refractivity contribution in [3.63, 3.8) is 0 Å². The van der Waals surface area contributed by atoms with Crippen LogP contribution in [0.1, 0.15) is 43.2 Å². The summed E-state index contributed by atoms with van der Waals surface area (Å²) in [5.41, 5.74) is 8.09. The molecule has 0 atom stereocenters. The van der Waals surface area contributed by atoms with Gasteiger partial charge in [-0.2, -0.15) is 0 Å². The lowest BCUT2D eigenvalue weighted by molar-refractivity contribution is -0.384. The predicted octanol–water partition coefficient (Wildman–Crippen LogP) is 3.16. The fraction of sp³-hybridized carbons (Fsp3) is 0.600. The van der Waals surface area contributed by atoms with Crippen molar-refractivity contribution in [2.24, 2.45) is 5.92 Å². The van der Waals surface area contributed by atoms with Gasteiger partial charge >= 0.3 is 0 Å². The van der Waals surface area contributed by atoms with E-state index in [0.717, 1.165) is 23.6 Å². The van der Waals surface area contributed by atoms with Crippen molar-refractivity contribution in [3.8, 4) is 0 Å². The molecule has 0 unspecified atom stereocenters. The minimum absolute atomic E-state index is 0.00469. The predicted molar refractivity (Wildman–Crippen MR) is 80.5 cm³/mol. The molecule has 1 aliphatic carbocycles. The standard InChI is InChI=1S/C15H23N3O2/c1-11-7-8-14(18(19)20)15(16)13(11)10-17-9-12-5-3-2-4-6-12/h7-8,12,17H,2-6,9-10,16H2,1H3. The van der Waals surface area contributed by atoms with Crippen molar-refractivity contribution in [1.29, 1.82) is 0 Å². The van der Waals surface area contributed by atoms with Crippen LogP contribution in [0.4, 0.5) is 11.4 Å². The fourth-order valence-electron chi connectivity index (χ4n) is 2.95. The summed E-state index contributed by atoms with van der Waals surface area (Å²) in [5, 5.41) is 14.3. The molecule has 0 aliphatic heterocycles. The van der Waals surface area contributed by atoms with Crippen LogP contribution in [-0.2, 0) is 6.54 Å². The van der Waals surface area contributed by atoms with E-state index in [4.69, 9.17) is 5.73 Å². The summed E-state index contributed by atoms with van der Waals surface area (Å²) in [5.74, 6) is 0.740. The highest BCUT2D eigenvalue weighted by molar-refractivity contribution is 5.65. The van der Waals surface area contributed by atoms with Crippen LogP contribution in [0.2, 0.25) is 0 Å². The molecule has 5 nitrogen and oxygen atoms in total. The van der Waals surface area contributed by atoms with Gasteiger partial charge in [0, 0.05) is 12.6 Å². The summed E-state index contributed by atoms with van der Waals surface area (Å²) in [6.07, 6.45) is 6.58. The molecule has 0 radical (unpaired) electrons. The Balaban J connectivity index is 1.98. The molecule has 1 saturated carbocycles. The molecule has 2 rings (SSSR count). The summed E-state index contributed by atoms with van der Waals surface area (Å²) >= 11 is 0. The lowest BCUT2D eigenvalue weighted by Crippen LogP contribution is -2.25. The molecule has 0 spiro atoms. The highest BCUT2D eigenvalue weighted by atomic mass is 16.6. The van der Waals surface area contributed by atoms with E-state index in [1.54, 1.807) is 6.07 Å². The number of anilines is 1. The first-order chi connectivity index (χ1) is 9.59. The minimum atomic E-state index is -0.417. The van der Waals surface area contributed by atoms with E-state index in [1.807, 2.05) is 6.92 Å². The number of benzene rings is 1. The maximum Gasteiger partial charge on any atom is 0.292 e. The lowest BCUT2D eigenvalue weighted by atomic mass is 9.89. The Hall–Kier alpha value is -1.62. The van der Waals surface area contributed by atoms with Gasteiger partial charge in [0.05, 0.1) is 4.92 Å². The first kappa shape index (κ1) is 14.8. The van der Waals surface area contributed by atoms with Gasteiger partial charge in [-0.05, 0) is 43.4 Å². The molecule has 5 heteroatoms. The Labute approximate surface area is 119 Å². The van der Waals surface area contributed by atoms with Gasteiger partial charge in [-0.1, -0.05) is 25.3 Å². The fourth-order valence-corrected chi connectivity index (χ4v) is 2.95. The van der Waals surface area contributed by atoms with E-state index < -0.39 is 4.92 Å². The van der Waals surface area contributed by atoms with Gasteiger partial charge < -0.3 is 11.1 Å². The lowest BCUT2D eigenvalue weighted by Gasteiger charge is -2.22. The topological polar surface area (TPSA) is 81.2 Å². The summed E-state index contributed by atoms with van der Waals surface area (Å²) in [6, 6.07) is 3.25. The van der Waals surface area contributed by atoms with Crippen molar-refractivity contribution in [3.05, 3.63) is 33.4 Å². The number of hydrogen-bond acceptors (Lipinski definition) is 4. The molecule has 20 heavy (non-hydrogen) atoms. The largest absolute Gasteiger partial charge is 0.393 e. The van der Waals surface area contributed by atoms with Gasteiger partial charge in [0.1, 0.15) is 5.69 Å². The van der Waals surface area contributed by atoms with Crippen LogP contribution in [0, 0.1) is 23.0 Å². The number of nitrogens with two attached hydrogens (primary N) is 1. The van der Waals surface area contributed by atoms with Crippen molar-refractivity contribution < 1.29 is 4.92 Å². The maximum atomic E-state index is 10.9. The van der Waals surface area contributed by atoms with Gasteiger partial charge in [-0.3, -0.25) is 10.1 Å². The molecular formula is C15H23N3O2. The number of nitrogen functional groups attached to an aromatic ring is 1. The maximum absolute atomic E-state index is 10.9. The Morgan fingerprint density at radius 3 is 2.70 bits per heavy atom. The third-order valence-corrected chi connectivity index (χ3v) is 4.22. The zero-order valence-corrected chi connectivity index (χ0v) is 12.0. The number of aryl methyl sites for hydroxylation is 1. The zero-order valence-electron chi connectivity index (χ0n) is 12.0. The Bertz CT molecular complexity index is 482. The van der Waals surface area contributed by atoms with Gasteiger partial charge in [0.25, 0.3) is 5.69 Å². The van der Waals surface area contributed by atoms with Crippen molar-refractivity contribution >= 4 is 11.4 Å². The molecule has 1 fully saturated rings. The summed E-state index contributed by atoms with van der Waals surface area (Å²) in [4.78, 5) is 10.5. The zero-order chi connectivity index (χ0) is 14.5. The van der Waals surface area contributed by atoms with Crippen molar-refractivity contribution in [2.45, 2.75) is 45.6 Å². The summed E-state index contributed by atoms with van der Waals surface area (Å²) in [6.45, 7) is 3.52. The van der Waals surface area contributed by atoms with E-state index in [9.17, 15) is 10.1 Å². The molecule has 3 N–H and O–H groups in total. The molecule has 0 saturated heterocycles. The molecule has 0 heterocycles. The summed E-state index contributed by atoms with van der Waals surface area (Å²) < 4.78 is 0. The second-order valence-electron chi connectivity index (χ2n) is 5.69. The monoisotopic (exact) mass is 277 g/mol.